The van der Waals surface area contributed by atoms with Crippen molar-refractivity contribution in [1.29, 1.82) is 0 Å². The second-order valence-corrected chi connectivity index (χ2v) is 6.51. The van der Waals surface area contributed by atoms with Crippen LogP contribution in [0.4, 0.5) is 0 Å². The number of benzene rings is 2. The van der Waals surface area contributed by atoms with Crippen LogP contribution in [-0.4, -0.2) is 29.9 Å². The minimum absolute atomic E-state index is 0.216. The van der Waals surface area contributed by atoms with E-state index < -0.39 is 0 Å². The summed E-state index contributed by atoms with van der Waals surface area (Å²) in [6, 6.07) is 21.0. The van der Waals surface area contributed by atoms with E-state index in [0.29, 0.717) is 23.7 Å². The number of pyridine rings is 1. The van der Waals surface area contributed by atoms with Crippen LogP contribution >= 0.6 is 0 Å². The van der Waals surface area contributed by atoms with Crippen LogP contribution in [0, 0.1) is 0 Å². The van der Waals surface area contributed by atoms with Gasteiger partial charge in [-0.3, -0.25) is 4.79 Å². The topological polar surface area (TPSA) is 54.5 Å². The summed E-state index contributed by atoms with van der Waals surface area (Å²) < 4.78 is 5.76. The second-order valence-electron chi connectivity index (χ2n) is 6.51. The lowest BCUT2D eigenvalue weighted by Crippen LogP contribution is -2.23. The van der Waals surface area contributed by atoms with E-state index in [-0.39, 0.29) is 5.91 Å². The van der Waals surface area contributed by atoms with Gasteiger partial charge in [-0.15, -0.1) is 0 Å². The normalized spacial score (nSPS) is 10.6. The molecular weight excluding hydrogens is 338 g/mol. The predicted molar refractivity (Wildman–Crippen MR) is 106 cm³/mol. The Hall–Kier alpha value is -3.18. The average Bonchev–Trinajstić information content (AvgIpc) is 2.68. The smallest absolute Gasteiger partial charge is 0.257 e. The molecule has 0 saturated carbocycles. The first-order valence-electron chi connectivity index (χ1n) is 8.80. The van der Waals surface area contributed by atoms with Crippen molar-refractivity contribution in [2.24, 2.45) is 0 Å². The fourth-order valence-corrected chi connectivity index (χ4v) is 2.65. The van der Waals surface area contributed by atoms with Gasteiger partial charge in [-0.1, -0.05) is 42.5 Å². The van der Waals surface area contributed by atoms with Gasteiger partial charge in [0.25, 0.3) is 5.91 Å². The lowest BCUT2D eigenvalue weighted by Gasteiger charge is -2.12. The Morgan fingerprint density at radius 2 is 1.67 bits per heavy atom. The van der Waals surface area contributed by atoms with E-state index >= 15 is 0 Å². The molecule has 1 N–H and O–H groups in total. The van der Waals surface area contributed by atoms with E-state index in [1.165, 1.54) is 5.56 Å². The number of ether oxygens (including phenoxy) is 1. The summed E-state index contributed by atoms with van der Waals surface area (Å²) in [7, 11) is 4.08. The second kappa shape index (κ2) is 8.96. The van der Waals surface area contributed by atoms with Crippen molar-refractivity contribution in [3.8, 4) is 11.6 Å². The molecule has 1 aromatic heterocycles. The third kappa shape index (κ3) is 5.39. The molecule has 0 bridgehead atoms. The van der Waals surface area contributed by atoms with Gasteiger partial charge in [0.15, 0.2) is 0 Å². The first-order chi connectivity index (χ1) is 13.1. The van der Waals surface area contributed by atoms with Crippen LogP contribution in [0.25, 0.3) is 0 Å². The molecule has 3 rings (SSSR count). The van der Waals surface area contributed by atoms with Crippen LogP contribution in [0.3, 0.4) is 0 Å². The Kier molecular flexibility index (Phi) is 6.18. The number of nitrogens with one attached hydrogen (secondary N) is 1. The van der Waals surface area contributed by atoms with Gasteiger partial charge in [0.1, 0.15) is 11.3 Å². The lowest BCUT2D eigenvalue weighted by molar-refractivity contribution is 0.0948. The number of aromatic nitrogens is 1. The number of nitrogens with zero attached hydrogens (tertiary/aromatic N) is 2. The van der Waals surface area contributed by atoms with E-state index in [0.717, 1.165) is 12.1 Å². The van der Waals surface area contributed by atoms with Crippen molar-refractivity contribution < 1.29 is 9.53 Å². The van der Waals surface area contributed by atoms with Crippen LogP contribution in [0.2, 0.25) is 0 Å². The molecule has 0 spiro atoms. The largest absolute Gasteiger partial charge is 0.438 e. The molecule has 2 aromatic carbocycles. The fourth-order valence-electron chi connectivity index (χ4n) is 2.65. The van der Waals surface area contributed by atoms with Gasteiger partial charge in [-0.05, 0) is 49.5 Å². The van der Waals surface area contributed by atoms with Crippen LogP contribution < -0.4 is 10.1 Å². The number of amides is 1. The summed E-state index contributed by atoms with van der Waals surface area (Å²) in [6.45, 7) is 1.34. The van der Waals surface area contributed by atoms with Crippen LogP contribution in [0.5, 0.6) is 11.6 Å². The molecule has 0 fully saturated rings. The molecule has 138 valence electrons. The zero-order valence-electron chi connectivity index (χ0n) is 15.6. The maximum atomic E-state index is 12.6. The first kappa shape index (κ1) is 18.6. The first-order valence-corrected chi connectivity index (χ1v) is 8.80. The molecular formula is C22H23N3O2. The van der Waals surface area contributed by atoms with Crippen LogP contribution in [0.1, 0.15) is 21.5 Å². The van der Waals surface area contributed by atoms with E-state index in [2.05, 4.69) is 27.3 Å². The molecule has 0 radical (unpaired) electrons. The van der Waals surface area contributed by atoms with Crippen molar-refractivity contribution in [3.05, 3.63) is 89.6 Å². The number of rotatable bonds is 7. The number of carbonyl (C=O) groups excluding carboxylic acids is 1. The highest BCUT2D eigenvalue weighted by Crippen LogP contribution is 2.22. The van der Waals surface area contributed by atoms with E-state index in [9.17, 15) is 4.79 Å². The SMILES string of the molecule is CN(C)Cc1ccc(CNC(=O)c2cccnc2Oc2ccccc2)cc1. The Bertz CT molecular complexity index is 878. The standard InChI is InChI=1S/C22H23N3O2/c1-25(2)16-18-12-10-17(11-13-18)15-24-21(26)20-9-6-14-23-22(20)27-19-7-4-3-5-8-19/h3-14H,15-16H2,1-2H3,(H,24,26). The van der Waals surface area contributed by atoms with Crippen LogP contribution in [-0.2, 0) is 13.1 Å². The molecule has 0 saturated heterocycles. The molecule has 0 aliphatic carbocycles. The number of hydrogen-bond donors (Lipinski definition) is 1. The lowest BCUT2D eigenvalue weighted by atomic mass is 10.1. The molecule has 5 nitrogen and oxygen atoms in total. The summed E-state index contributed by atoms with van der Waals surface area (Å²) in [5.41, 5.74) is 2.69. The molecule has 0 unspecified atom stereocenters. The van der Waals surface area contributed by atoms with Gasteiger partial charge in [-0.25, -0.2) is 4.98 Å². The predicted octanol–water partition coefficient (Wildman–Crippen LogP) is 3.87. The summed E-state index contributed by atoms with van der Waals surface area (Å²) in [4.78, 5) is 18.9. The van der Waals surface area contributed by atoms with Gasteiger partial charge >= 0.3 is 0 Å². The van der Waals surface area contributed by atoms with Crippen molar-refractivity contribution in [2.45, 2.75) is 13.1 Å². The molecule has 1 heterocycles. The third-order valence-corrected chi connectivity index (χ3v) is 3.95. The quantitative estimate of drug-likeness (QED) is 0.694. The fraction of sp³-hybridized carbons (Fsp3) is 0.182. The third-order valence-electron chi connectivity index (χ3n) is 3.95. The minimum atomic E-state index is -0.216. The minimum Gasteiger partial charge on any atom is -0.438 e. The van der Waals surface area contributed by atoms with Gasteiger partial charge < -0.3 is 15.0 Å². The van der Waals surface area contributed by atoms with Crippen molar-refractivity contribution >= 4 is 5.91 Å². The van der Waals surface area contributed by atoms with Crippen molar-refractivity contribution in [2.75, 3.05) is 14.1 Å². The zero-order chi connectivity index (χ0) is 19.1. The summed E-state index contributed by atoms with van der Waals surface area (Å²) >= 11 is 0. The van der Waals surface area contributed by atoms with E-state index in [4.69, 9.17) is 4.74 Å². The summed E-state index contributed by atoms with van der Waals surface area (Å²) in [5, 5.41) is 2.93. The molecule has 0 aliphatic rings. The number of para-hydroxylation sites is 1. The van der Waals surface area contributed by atoms with Crippen LogP contribution in [0.15, 0.2) is 72.9 Å². The van der Waals surface area contributed by atoms with Gasteiger partial charge in [0.2, 0.25) is 5.88 Å². The Balaban J connectivity index is 1.64. The molecule has 27 heavy (non-hydrogen) atoms. The highest BCUT2D eigenvalue weighted by molar-refractivity contribution is 5.96. The van der Waals surface area contributed by atoms with Crippen molar-refractivity contribution in [3.63, 3.8) is 0 Å². The number of carbonyl (C=O) groups is 1. The molecule has 5 heteroatoms. The summed E-state index contributed by atoms with van der Waals surface area (Å²) in [5.74, 6) is 0.718. The molecule has 0 aliphatic heterocycles. The van der Waals surface area contributed by atoms with Crippen molar-refractivity contribution in [1.82, 2.24) is 15.2 Å². The molecule has 1 amide bonds. The zero-order valence-corrected chi connectivity index (χ0v) is 15.6. The maximum Gasteiger partial charge on any atom is 0.257 e. The Morgan fingerprint density at radius 1 is 0.963 bits per heavy atom. The van der Waals surface area contributed by atoms with Gasteiger partial charge in [0.05, 0.1) is 0 Å². The number of hydrogen-bond acceptors (Lipinski definition) is 4. The highest BCUT2D eigenvalue weighted by atomic mass is 16.5. The Labute approximate surface area is 159 Å². The summed E-state index contributed by atoms with van der Waals surface area (Å²) in [6.07, 6.45) is 1.61. The molecule has 3 aromatic rings. The Morgan fingerprint density at radius 3 is 2.37 bits per heavy atom. The van der Waals surface area contributed by atoms with E-state index in [1.807, 2.05) is 56.6 Å². The average molecular weight is 361 g/mol. The highest BCUT2D eigenvalue weighted by Gasteiger charge is 2.14. The van der Waals surface area contributed by atoms with Gasteiger partial charge in [-0.2, -0.15) is 0 Å². The maximum absolute atomic E-state index is 12.6. The molecule has 0 atom stereocenters. The van der Waals surface area contributed by atoms with Gasteiger partial charge in [0, 0.05) is 19.3 Å². The monoisotopic (exact) mass is 361 g/mol. The van der Waals surface area contributed by atoms with E-state index in [1.54, 1.807) is 18.3 Å².